The summed E-state index contributed by atoms with van der Waals surface area (Å²) in [6, 6.07) is 16.3. The topological polar surface area (TPSA) is 50.3 Å². The first-order chi connectivity index (χ1) is 16.2. The number of hydrogen-bond acceptors (Lipinski definition) is 5. The minimum atomic E-state index is -3.32. The zero-order valence-corrected chi connectivity index (χ0v) is 22.4. The Bertz CT molecular complexity index is 1180. The number of rotatable bonds is 7. The zero-order valence-electron chi connectivity index (χ0n) is 20.8. The molecule has 2 aromatic carbocycles. The first-order valence-corrected chi connectivity index (χ1v) is 14.7. The molecule has 0 saturated carbocycles. The van der Waals surface area contributed by atoms with Crippen molar-refractivity contribution >= 4 is 26.3 Å². The van der Waals surface area contributed by atoms with Crippen LogP contribution in [0.25, 0.3) is 0 Å². The van der Waals surface area contributed by atoms with Crippen molar-refractivity contribution in [2.75, 3.05) is 18.0 Å². The van der Waals surface area contributed by atoms with Crippen LogP contribution in [-0.4, -0.2) is 31.7 Å². The highest BCUT2D eigenvalue weighted by Crippen LogP contribution is 2.31. The van der Waals surface area contributed by atoms with E-state index in [1.807, 2.05) is 12.1 Å². The molecule has 1 aliphatic heterocycles. The van der Waals surface area contributed by atoms with Crippen LogP contribution in [0.15, 0.2) is 58.8 Å². The highest BCUT2D eigenvalue weighted by atomic mass is 32.2. The van der Waals surface area contributed by atoms with Crippen LogP contribution in [0.4, 0.5) is 5.13 Å². The summed E-state index contributed by atoms with van der Waals surface area (Å²) in [4.78, 5) is 7.55. The molecule has 2 heterocycles. The molecule has 0 radical (unpaired) electrons. The molecule has 1 aromatic heterocycles. The van der Waals surface area contributed by atoms with Gasteiger partial charge in [-0.3, -0.25) is 0 Å². The maximum Gasteiger partial charge on any atom is 0.185 e. The second kappa shape index (κ2) is 10.2. The lowest BCUT2D eigenvalue weighted by molar-refractivity contribution is 0.529. The zero-order chi connectivity index (χ0) is 24.3. The third kappa shape index (κ3) is 5.72. The molecule has 0 spiro atoms. The first kappa shape index (κ1) is 24.9. The lowest BCUT2D eigenvalue weighted by atomic mass is 9.87. The van der Waals surface area contributed by atoms with Crippen molar-refractivity contribution in [1.82, 2.24) is 4.98 Å². The summed E-state index contributed by atoms with van der Waals surface area (Å²) in [6.45, 7) is 10.1. The number of sulfone groups is 1. The summed E-state index contributed by atoms with van der Waals surface area (Å²) in [7, 11) is -3.32. The van der Waals surface area contributed by atoms with E-state index in [1.165, 1.54) is 11.1 Å². The molecule has 0 unspecified atom stereocenters. The van der Waals surface area contributed by atoms with E-state index in [0.29, 0.717) is 17.7 Å². The number of nitrogens with zero attached hydrogens (tertiary/aromatic N) is 2. The predicted molar refractivity (Wildman–Crippen MR) is 143 cm³/mol. The van der Waals surface area contributed by atoms with Crippen molar-refractivity contribution in [1.29, 1.82) is 0 Å². The number of piperidine rings is 1. The number of benzene rings is 2. The minimum absolute atomic E-state index is 0.0126. The molecular weight excluding hydrogens is 460 g/mol. The van der Waals surface area contributed by atoms with Gasteiger partial charge >= 0.3 is 0 Å². The van der Waals surface area contributed by atoms with Crippen LogP contribution in [0.2, 0.25) is 0 Å². The summed E-state index contributed by atoms with van der Waals surface area (Å²) in [5.41, 5.74) is 4.90. The molecule has 0 aliphatic carbocycles. The molecule has 4 nitrogen and oxygen atoms in total. The van der Waals surface area contributed by atoms with Gasteiger partial charge in [-0.05, 0) is 53.5 Å². The van der Waals surface area contributed by atoms with Gasteiger partial charge in [-0.1, -0.05) is 70.5 Å². The highest BCUT2D eigenvalue weighted by Gasteiger charge is 2.32. The van der Waals surface area contributed by atoms with Gasteiger partial charge in [0, 0.05) is 24.9 Å². The Morgan fingerprint density at radius 2 is 1.59 bits per heavy atom. The SMILES string of the molecule is CCCc1ccc(Cc2csc(N3CCC(S(=O)(=O)c4ccc(C(C)(C)C)cc4)CC3)n2)cc1. The summed E-state index contributed by atoms with van der Waals surface area (Å²) in [5, 5.41) is 2.81. The largest absolute Gasteiger partial charge is 0.348 e. The molecule has 1 aliphatic rings. The van der Waals surface area contributed by atoms with Gasteiger partial charge in [-0.2, -0.15) is 0 Å². The standard InChI is InChI=1S/C28H36N2O2S2/c1-5-6-21-7-9-22(10-8-21)19-24-20-33-27(29-24)30-17-15-26(16-18-30)34(31,32)25-13-11-23(12-14-25)28(2,3)4/h7-14,20,26H,5-6,15-19H2,1-4H3. The lowest BCUT2D eigenvalue weighted by Gasteiger charge is -2.31. The second-order valence-electron chi connectivity index (χ2n) is 10.4. The highest BCUT2D eigenvalue weighted by molar-refractivity contribution is 7.92. The molecule has 1 fully saturated rings. The Morgan fingerprint density at radius 3 is 2.18 bits per heavy atom. The van der Waals surface area contributed by atoms with E-state index < -0.39 is 9.84 Å². The van der Waals surface area contributed by atoms with E-state index in [-0.39, 0.29) is 10.7 Å². The molecule has 4 rings (SSSR count). The fourth-order valence-corrected chi connectivity index (χ4v) is 7.15. The summed E-state index contributed by atoms with van der Waals surface area (Å²) in [5.74, 6) is 0. The van der Waals surface area contributed by atoms with Crippen molar-refractivity contribution in [2.45, 2.75) is 75.4 Å². The molecular formula is C28H36N2O2S2. The first-order valence-electron chi connectivity index (χ1n) is 12.3. The quantitative estimate of drug-likeness (QED) is 0.378. The van der Waals surface area contributed by atoms with Crippen molar-refractivity contribution in [3.8, 4) is 0 Å². The van der Waals surface area contributed by atoms with Crippen LogP contribution in [0.5, 0.6) is 0 Å². The monoisotopic (exact) mass is 496 g/mol. The van der Waals surface area contributed by atoms with E-state index in [4.69, 9.17) is 4.98 Å². The number of aromatic nitrogens is 1. The Hall–Kier alpha value is -2.18. The Labute approximate surface area is 209 Å². The molecule has 0 bridgehead atoms. The fourth-order valence-electron chi connectivity index (χ4n) is 4.54. The van der Waals surface area contributed by atoms with Gasteiger partial charge in [0.15, 0.2) is 15.0 Å². The lowest BCUT2D eigenvalue weighted by Crippen LogP contribution is -2.39. The van der Waals surface area contributed by atoms with E-state index in [9.17, 15) is 8.42 Å². The van der Waals surface area contributed by atoms with Gasteiger partial charge in [0.05, 0.1) is 15.8 Å². The second-order valence-corrected chi connectivity index (χ2v) is 13.4. The smallest absolute Gasteiger partial charge is 0.185 e. The maximum absolute atomic E-state index is 13.2. The van der Waals surface area contributed by atoms with Gasteiger partial charge in [0.1, 0.15) is 0 Å². The minimum Gasteiger partial charge on any atom is -0.348 e. The van der Waals surface area contributed by atoms with E-state index in [2.05, 4.69) is 62.2 Å². The molecule has 1 saturated heterocycles. The van der Waals surface area contributed by atoms with Crippen LogP contribution >= 0.6 is 11.3 Å². The van der Waals surface area contributed by atoms with Crippen LogP contribution in [-0.2, 0) is 28.1 Å². The molecule has 0 N–H and O–H groups in total. The van der Waals surface area contributed by atoms with E-state index in [0.717, 1.165) is 48.7 Å². The molecule has 6 heteroatoms. The maximum atomic E-state index is 13.2. The summed E-state index contributed by atoms with van der Waals surface area (Å²) < 4.78 is 26.5. The number of hydrogen-bond donors (Lipinski definition) is 0. The summed E-state index contributed by atoms with van der Waals surface area (Å²) >= 11 is 1.66. The van der Waals surface area contributed by atoms with Crippen LogP contribution in [0, 0.1) is 0 Å². The van der Waals surface area contributed by atoms with Crippen LogP contribution in [0.1, 0.15) is 69.3 Å². The summed E-state index contributed by atoms with van der Waals surface area (Å²) in [6.07, 6.45) is 4.39. The number of anilines is 1. The predicted octanol–water partition coefficient (Wildman–Crippen LogP) is 6.43. The van der Waals surface area contributed by atoms with Gasteiger partial charge < -0.3 is 4.90 Å². The Kier molecular flexibility index (Phi) is 7.48. The molecule has 182 valence electrons. The third-order valence-corrected chi connectivity index (χ3v) is 9.92. The van der Waals surface area contributed by atoms with E-state index in [1.54, 1.807) is 23.5 Å². The van der Waals surface area contributed by atoms with Gasteiger partial charge in [-0.25, -0.2) is 13.4 Å². The van der Waals surface area contributed by atoms with E-state index >= 15 is 0 Å². The van der Waals surface area contributed by atoms with Crippen molar-refractivity contribution in [3.05, 3.63) is 76.3 Å². The van der Waals surface area contributed by atoms with Crippen molar-refractivity contribution < 1.29 is 8.42 Å². The van der Waals surface area contributed by atoms with Crippen molar-refractivity contribution in [2.24, 2.45) is 0 Å². The third-order valence-electron chi connectivity index (χ3n) is 6.69. The van der Waals surface area contributed by atoms with Crippen molar-refractivity contribution in [3.63, 3.8) is 0 Å². The van der Waals surface area contributed by atoms with Gasteiger partial charge in [0.2, 0.25) is 0 Å². The Morgan fingerprint density at radius 1 is 0.971 bits per heavy atom. The number of thiazole rings is 1. The Balaban J connectivity index is 1.36. The molecule has 3 aromatic rings. The van der Waals surface area contributed by atoms with Crippen LogP contribution < -0.4 is 4.90 Å². The van der Waals surface area contributed by atoms with Gasteiger partial charge in [0.25, 0.3) is 0 Å². The number of aryl methyl sites for hydroxylation is 1. The fraction of sp³-hybridized carbons (Fsp3) is 0.464. The van der Waals surface area contributed by atoms with Gasteiger partial charge in [-0.15, -0.1) is 11.3 Å². The molecule has 34 heavy (non-hydrogen) atoms. The average molecular weight is 497 g/mol. The molecule has 0 atom stereocenters. The molecule has 0 amide bonds. The van der Waals surface area contributed by atoms with Crippen LogP contribution in [0.3, 0.4) is 0 Å². The average Bonchev–Trinajstić information content (AvgIpc) is 3.29. The normalized spacial score (nSPS) is 15.6.